The van der Waals surface area contributed by atoms with E-state index in [0.29, 0.717) is 6.04 Å². The monoisotopic (exact) mass is 234 g/mol. The van der Waals surface area contributed by atoms with Gasteiger partial charge in [-0.2, -0.15) is 5.26 Å². The summed E-state index contributed by atoms with van der Waals surface area (Å²) in [5.41, 5.74) is 0.792. The third kappa shape index (κ3) is 2.63. The Balaban J connectivity index is 1.85. The number of nitriles is 1. The Kier molecular flexibility index (Phi) is 3.98. The van der Waals surface area contributed by atoms with Gasteiger partial charge >= 0.3 is 0 Å². The molecule has 1 fully saturated rings. The second kappa shape index (κ2) is 5.47. The van der Waals surface area contributed by atoms with Gasteiger partial charge in [0.2, 0.25) is 0 Å². The summed E-state index contributed by atoms with van der Waals surface area (Å²) in [6.07, 6.45) is 5.34. The first-order valence-corrected chi connectivity index (χ1v) is 6.92. The lowest BCUT2D eigenvalue weighted by Crippen LogP contribution is -2.31. The van der Waals surface area contributed by atoms with Gasteiger partial charge in [0.25, 0.3) is 0 Å². The molecule has 2 atom stereocenters. The highest BCUT2D eigenvalue weighted by Gasteiger charge is 2.24. The molecule has 16 heavy (non-hydrogen) atoms. The van der Waals surface area contributed by atoms with Crippen LogP contribution in [0.15, 0.2) is 11.4 Å². The molecule has 0 aliphatic heterocycles. The Morgan fingerprint density at radius 1 is 1.56 bits per heavy atom. The minimum Gasteiger partial charge on any atom is -0.309 e. The Bertz CT molecular complexity index is 378. The van der Waals surface area contributed by atoms with Crippen molar-refractivity contribution in [3.05, 3.63) is 21.9 Å². The molecule has 1 aromatic heterocycles. The van der Waals surface area contributed by atoms with Crippen molar-refractivity contribution >= 4 is 11.3 Å². The van der Waals surface area contributed by atoms with Crippen LogP contribution in [0.2, 0.25) is 0 Å². The van der Waals surface area contributed by atoms with Gasteiger partial charge in [0.1, 0.15) is 6.07 Å². The van der Waals surface area contributed by atoms with E-state index < -0.39 is 0 Å². The van der Waals surface area contributed by atoms with E-state index in [0.717, 1.165) is 18.0 Å². The average molecular weight is 234 g/mol. The number of hydrogen-bond donors (Lipinski definition) is 1. The smallest absolute Gasteiger partial charge is 0.100 e. The fraction of sp³-hybridized carbons (Fsp3) is 0.615. The van der Waals surface area contributed by atoms with Crippen LogP contribution in [0.25, 0.3) is 0 Å². The van der Waals surface area contributed by atoms with Crippen molar-refractivity contribution in [1.29, 1.82) is 5.26 Å². The number of hydrogen-bond acceptors (Lipinski definition) is 3. The highest BCUT2D eigenvalue weighted by atomic mass is 32.1. The van der Waals surface area contributed by atoms with Crippen molar-refractivity contribution in [1.82, 2.24) is 5.32 Å². The van der Waals surface area contributed by atoms with E-state index in [1.54, 1.807) is 11.3 Å². The first-order valence-electron chi connectivity index (χ1n) is 6.04. The summed E-state index contributed by atoms with van der Waals surface area (Å²) in [5, 5.41) is 14.3. The first-order chi connectivity index (χ1) is 7.83. The van der Waals surface area contributed by atoms with E-state index in [4.69, 9.17) is 5.26 Å². The summed E-state index contributed by atoms with van der Waals surface area (Å²) in [6.45, 7) is 3.21. The molecule has 2 unspecified atom stereocenters. The molecule has 0 bridgehead atoms. The largest absolute Gasteiger partial charge is 0.309 e. The normalized spacial score (nSPS) is 24.5. The lowest BCUT2D eigenvalue weighted by molar-refractivity contribution is 0.390. The molecule has 1 saturated carbocycles. The quantitative estimate of drug-likeness (QED) is 0.867. The van der Waals surface area contributed by atoms with Crippen LogP contribution in [0.5, 0.6) is 0 Å². The minimum atomic E-state index is 0.692. The zero-order valence-electron chi connectivity index (χ0n) is 9.70. The standard InChI is InChI=1S/C13H18N2S/c1-2-11-4-3-5-13(11)15-8-12-6-10(7-14)9-16-12/h6,9,11,13,15H,2-5,8H2,1H3. The fourth-order valence-electron chi connectivity index (χ4n) is 2.56. The summed E-state index contributed by atoms with van der Waals surface area (Å²) in [5.74, 6) is 0.857. The number of thiophene rings is 1. The molecule has 0 spiro atoms. The summed E-state index contributed by atoms with van der Waals surface area (Å²) in [6, 6.07) is 4.86. The van der Waals surface area contributed by atoms with Gasteiger partial charge < -0.3 is 5.32 Å². The van der Waals surface area contributed by atoms with Crippen molar-refractivity contribution in [3.8, 4) is 6.07 Å². The second-order valence-electron chi connectivity index (χ2n) is 4.50. The number of nitrogens with zero attached hydrogens (tertiary/aromatic N) is 1. The average Bonchev–Trinajstić information content (AvgIpc) is 2.94. The molecule has 0 radical (unpaired) electrons. The molecule has 2 rings (SSSR count). The topological polar surface area (TPSA) is 35.8 Å². The molecule has 0 aromatic carbocycles. The van der Waals surface area contributed by atoms with Gasteiger partial charge in [-0.25, -0.2) is 0 Å². The van der Waals surface area contributed by atoms with E-state index in [9.17, 15) is 0 Å². The van der Waals surface area contributed by atoms with Gasteiger partial charge in [0.15, 0.2) is 0 Å². The summed E-state index contributed by atoms with van der Waals surface area (Å²) in [4.78, 5) is 1.28. The highest BCUT2D eigenvalue weighted by Crippen LogP contribution is 2.28. The molecule has 1 aliphatic carbocycles. The molecular weight excluding hydrogens is 216 g/mol. The van der Waals surface area contributed by atoms with Gasteiger partial charge in [-0.3, -0.25) is 0 Å². The molecule has 2 nitrogen and oxygen atoms in total. The van der Waals surface area contributed by atoms with Gasteiger partial charge in [0.05, 0.1) is 5.56 Å². The van der Waals surface area contributed by atoms with E-state index in [-0.39, 0.29) is 0 Å². The molecule has 86 valence electrons. The molecule has 1 aromatic rings. The Morgan fingerprint density at radius 3 is 3.12 bits per heavy atom. The molecule has 1 N–H and O–H groups in total. The van der Waals surface area contributed by atoms with Gasteiger partial charge in [-0.05, 0) is 24.8 Å². The van der Waals surface area contributed by atoms with E-state index in [1.165, 1.54) is 30.6 Å². The lowest BCUT2D eigenvalue weighted by atomic mass is 10.0. The van der Waals surface area contributed by atoms with Gasteiger partial charge in [-0.15, -0.1) is 11.3 Å². The number of nitrogens with one attached hydrogen (secondary N) is 1. The van der Waals surface area contributed by atoms with E-state index >= 15 is 0 Å². The van der Waals surface area contributed by atoms with Crippen LogP contribution in [0, 0.1) is 17.2 Å². The van der Waals surface area contributed by atoms with Crippen LogP contribution in [0.1, 0.15) is 43.0 Å². The van der Waals surface area contributed by atoms with Crippen molar-refractivity contribution in [3.63, 3.8) is 0 Å². The Labute approximate surface area is 101 Å². The van der Waals surface area contributed by atoms with Crippen molar-refractivity contribution in [2.24, 2.45) is 5.92 Å². The van der Waals surface area contributed by atoms with Gasteiger partial charge in [-0.1, -0.05) is 19.8 Å². The van der Waals surface area contributed by atoms with Crippen LogP contribution in [-0.2, 0) is 6.54 Å². The van der Waals surface area contributed by atoms with Gasteiger partial charge in [0, 0.05) is 22.8 Å². The first kappa shape index (κ1) is 11.6. The zero-order chi connectivity index (χ0) is 11.4. The third-order valence-electron chi connectivity index (χ3n) is 3.50. The highest BCUT2D eigenvalue weighted by molar-refractivity contribution is 7.10. The SMILES string of the molecule is CCC1CCCC1NCc1cc(C#N)cs1. The molecule has 1 aliphatic rings. The summed E-state index contributed by atoms with van der Waals surface area (Å²) < 4.78 is 0. The molecular formula is C13H18N2S. The second-order valence-corrected chi connectivity index (χ2v) is 5.50. The number of rotatable bonds is 4. The van der Waals surface area contributed by atoms with Crippen molar-refractivity contribution < 1.29 is 0 Å². The van der Waals surface area contributed by atoms with E-state index in [2.05, 4.69) is 18.3 Å². The molecule has 3 heteroatoms. The maximum atomic E-state index is 8.75. The Morgan fingerprint density at radius 2 is 2.44 bits per heavy atom. The summed E-state index contributed by atoms with van der Waals surface area (Å²) >= 11 is 1.68. The van der Waals surface area contributed by atoms with Crippen LogP contribution in [0.4, 0.5) is 0 Å². The zero-order valence-corrected chi connectivity index (χ0v) is 10.5. The van der Waals surface area contributed by atoms with Crippen molar-refractivity contribution in [2.45, 2.75) is 45.2 Å². The van der Waals surface area contributed by atoms with Crippen LogP contribution < -0.4 is 5.32 Å². The minimum absolute atomic E-state index is 0.692. The maximum Gasteiger partial charge on any atom is 0.100 e. The fourth-order valence-corrected chi connectivity index (χ4v) is 3.32. The maximum absolute atomic E-state index is 8.75. The summed E-state index contributed by atoms with van der Waals surface area (Å²) in [7, 11) is 0. The molecule has 0 amide bonds. The molecule has 0 saturated heterocycles. The van der Waals surface area contributed by atoms with Crippen LogP contribution in [-0.4, -0.2) is 6.04 Å². The van der Waals surface area contributed by atoms with Crippen LogP contribution >= 0.6 is 11.3 Å². The van der Waals surface area contributed by atoms with E-state index in [1.807, 2.05) is 11.4 Å². The van der Waals surface area contributed by atoms with Crippen LogP contribution in [0.3, 0.4) is 0 Å². The lowest BCUT2D eigenvalue weighted by Gasteiger charge is -2.19. The predicted molar refractivity (Wildman–Crippen MR) is 67.3 cm³/mol. The third-order valence-corrected chi connectivity index (χ3v) is 4.44. The molecule has 1 heterocycles. The predicted octanol–water partition coefficient (Wildman–Crippen LogP) is 3.29. The Hall–Kier alpha value is -0.850. The van der Waals surface area contributed by atoms with Crippen molar-refractivity contribution in [2.75, 3.05) is 0 Å².